The van der Waals surface area contributed by atoms with Crippen LogP contribution in [0.15, 0.2) is 30.3 Å². The van der Waals surface area contributed by atoms with Crippen LogP contribution < -0.4 is 5.32 Å². The fraction of sp³-hybridized carbons (Fsp3) is 0.300. The van der Waals surface area contributed by atoms with Crippen LogP contribution in [0.25, 0.3) is 0 Å². The van der Waals surface area contributed by atoms with Crippen LogP contribution in [0.3, 0.4) is 0 Å². The minimum Gasteiger partial charge on any atom is -0.375 e. The first-order valence-corrected chi connectivity index (χ1v) is 9.06. The molecule has 1 heterocycles. The van der Waals surface area contributed by atoms with Crippen LogP contribution in [0, 0.1) is 6.92 Å². The van der Waals surface area contributed by atoms with Crippen molar-refractivity contribution in [2.45, 2.75) is 38.7 Å². The first-order chi connectivity index (χ1) is 12.1. The maximum Gasteiger partial charge on any atom is 0.261 e. The molecule has 2 aromatic rings. The SMILES string of the molecule is Cc1ccc(C(C)C)cc1C(=O)C[C@]1(O)C(=O)Nc2cc(Cl)cc(Cl)c21. The number of aryl methyl sites for hydroxylation is 1. The van der Waals surface area contributed by atoms with Crippen molar-refractivity contribution in [2.24, 2.45) is 0 Å². The smallest absolute Gasteiger partial charge is 0.261 e. The zero-order chi connectivity index (χ0) is 19.2. The third kappa shape index (κ3) is 3.13. The number of nitrogens with one attached hydrogen (secondary N) is 1. The summed E-state index contributed by atoms with van der Waals surface area (Å²) in [4.78, 5) is 25.4. The van der Waals surface area contributed by atoms with Crippen molar-refractivity contribution in [3.63, 3.8) is 0 Å². The first-order valence-electron chi connectivity index (χ1n) is 8.30. The zero-order valence-electron chi connectivity index (χ0n) is 14.7. The lowest BCUT2D eigenvalue weighted by molar-refractivity contribution is -0.133. The third-order valence-corrected chi connectivity index (χ3v) is 5.25. The molecule has 1 aliphatic rings. The predicted molar refractivity (Wildman–Crippen MR) is 103 cm³/mol. The molecule has 0 aromatic heterocycles. The van der Waals surface area contributed by atoms with Crippen molar-refractivity contribution in [2.75, 3.05) is 5.32 Å². The Kier molecular flexibility index (Phi) is 4.86. The number of fused-ring (bicyclic) bond motifs is 1. The van der Waals surface area contributed by atoms with Gasteiger partial charge >= 0.3 is 0 Å². The Morgan fingerprint density at radius 2 is 1.92 bits per heavy atom. The summed E-state index contributed by atoms with van der Waals surface area (Å²) in [6.45, 7) is 5.91. The average molecular weight is 392 g/mol. The van der Waals surface area contributed by atoms with Crippen LogP contribution in [0.5, 0.6) is 0 Å². The van der Waals surface area contributed by atoms with Crippen molar-refractivity contribution in [3.8, 4) is 0 Å². The largest absolute Gasteiger partial charge is 0.375 e. The highest BCUT2D eigenvalue weighted by molar-refractivity contribution is 6.36. The number of Topliss-reactive ketones (excluding diaryl/α,β-unsaturated/α-hetero) is 1. The Hall–Kier alpha value is -1.88. The van der Waals surface area contributed by atoms with Gasteiger partial charge in [-0.1, -0.05) is 49.2 Å². The molecule has 6 heteroatoms. The van der Waals surface area contributed by atoms with E-state index in [0.29, 0.717) is 16.3 Å². The van der Waals surface area contributed by atoms with Crippen molar-refractivity contribution in [1.82, 2.24) is 0 Å². The van der Waals surface area contributed by atoms with Crippen LogP contribution in [-0.4, -0.2) is 16.8 Å². The molecular weight excluding hydrogens is 373 g/mol. The third-order valence-electron chi connectivity index (χ3n) is 4.74. The van der Waals surface area contributed by atoms with Gasteiger partial charge in [0.05, 0.1) is 17.1 Å². The molecule has 3 rings (SSSR count). The van der Waals surface area contributed by atoms with Gasteiger partial charge < -0.3 is 10.4 Å². The number of amides is 1. The number of carbonyl (C=O) groups excluding carboxylic acids is 2. The summed E-state index contributed by atoms with van der Waals surface area (Å²) in [5.41, 5.74) is 0.816. The fourth-order valence-corrected chi connectivity index (χ4v) is 3.88. The molecule has 2 N–H and O–H groups in total. The van der Waals surface area contributed by atoms with Crippen LogP contribution in [0.4, 0.5) is 5.69 Å². The number of rotatable bonds is 4. The van der Waals surface area contributed by atoms with E-state index >= 15 is 0 Å². The van der Waals surface area contributed by atoms with Crippen molar-refractivity contribution < 1.29 is 14.7 Å². The molecule has 0 fully saturated rings. The molecule has 1 atom stereocenters. The van der Waals surface area contributed by atoms with Gasteiger partial charge in [-0.05, 0) is 42.2 Å². The van der Waals surface area contributed by atoms with Gasteiger partial charge in [0.1, 0.15) is 0 Å². The lowest BCUT2D eigenvalue weighted by Gasteiger charge is -2.22. The molecule has 0 bridgehead atoms. The highest BCUT2D eigenvalue weighted by atomic mass is 35.5. The minimum atomic E-state index is -2.02. The molecule has 136 valence electrons. The maximum atomic E-state index is 12.9. The van der Waals surface area contributed by atoms with E-state index < -0.39 is 17.9 Å². The normalized spacial score (nSPS) is 18.8. The van der Waals surface area contributed by atoms with Gasteiger partial charge in [-0.25, -0.2) is 0 Å². The standard InChI is InChI=1S/C20H19Cl2NO3/c1-10(2)12-5-4-11(3)14(6-12)17(24)9-20(26)18-15(22)7-13(21)8-16(18)23-19(20)25/h4-8,10,26H,9H2,1-3H3,(H,23,25)/t20-/m1/s1. The van der Waals surface area contributed by atoms with Gasteiger partial charge in [0.15, 0.2) is 11.4 Å². The number of aliphatic hydroxyl groups is 1. The molecule has 1 aliphatic heterocycles. The van der Waals surface area contributed by atoms with Crippen molar-refractivity contribution in [1.29, 1.82) is 0 Å². The van der Waals surface area contributed by atoms with E-state index in [9.17, 15) is 14.7 Å². The summed E-state index contributed by atoms with van der Waals surface area (Å²) in [5, 5.41) is 14.1. The number of hydrogen-bond acceptors (Lipinski definition) is 3. The summed E-state index contributed by atoms with van der Waals surface area (Å²) in [6, 6.07) is 8.63. The molecular formula is C20H19Cl2NO3. The van der Waals surface area contributed by atoms with Gasteiger partial charge in [0.2, 0.25) is 0 Å². The molecule has 0 radical (unpaired) electrons. The predicted octanol–water partition coefficient (Wildman–Crippen LogP) is 4.84. The molecule has 2 aromatic carbocycles. The maximum absolute atomic E-state index is 12.9. The van der Waals surface area contributed by atoms with Gasteiger partial charge in [0, 0.05) is 16.1 Å². The van der Waals surface area contributed by atoms with E-state index in [2.05, 4.69) is 5.32 Å². The second-order valence-electron chi connectivity index (χ2n) is 6.95. The number of benzene rings is 2. The number of ketones is 1. The molecule has 0 aliphatic carbocycles. The van der Waals surface area contributed by atoms with E-state index in [1.807, 2.05) is 39.0 Å². The van der Waals surface area contributed by atoms with E-state index in [1.165, 1.54) is 12.1 Å². The van der Waals surface area contributed by atoms with Crippen LogP contribution in [-0.2, 0) is 10.4 Å². The highest BCUT2D eigenvalue weighted by Gasteiger charge is 2.48. The molecule has 0 unspecified atom stereocenters. The summed E-state index contributed by atoms with van der Waals surface area (Å²) in [7, 11) is 0. The second-order valence-corrected chi connectivity index (χ2v) is 7.80. The summed E-state index contributed by atoms with van der Waals surface area (Å²) < 4.78 is 0. The van der Waals surface area contributed by atoms with Gasteiger partial charge in [-0.15, -0.1) is 0 Å². The number of carbonyl (C=O) groups is 2. The van der Waals surface area contributed by atoms with Crippen LogP contribution >= 0.6 is 23.2 Å². The summed E-state index contributed by atoms with van der Waals surface area (Å²) in [6.07, 6.45) is -0.393. The zero-order valence-corrected chi connectivity index (χ0v) is 16.2. The Bertz CT molecular complexity index is 924. The molecule has 0 spiro atoms. The van der Waals surface area contributed by atoms with Crippen LogP contribution in [0.1, 0.15) is 53.2 Å². The van der Waals surface area contributed by atoms with E-state index in [1.54, 1.807) is 0 Å². The Morgan fingerprint density at radius 1 is 1.23 bits per heavy atom. The molecule has 4 nitrogen and oxygen atoms in total. The minimum absolute atomic E-state index is 0.147. The number of anilines is 1. The van der Waals surface area contributed by atoms with Gasteiger partial charge in [0.25, 0.3) is 5.91 Å². The average Bonchev–Trinajstić information content (AvgIpc) is 2.77. The molecule has 0 saturated carbocycles. The van der Waals surface area contributed by atoms with Crippen LogP contribution in [0.2, 0.25) is 10.0 Å². The molecule has 26 heavy (non-hydrogen) atoms. The Labute approximate surface area is 162 Å². The van der Waals surface area contributed by atoms with E-state index in [4.69, 9.17) is 23.2 Å². The molecule has 1 amide bonds. The topological polar surface area (TPSA) is 66.4 Å². The van der Waals surface area contributed by atoms with Gasteiger partial charge in [-0.3, -0.25) is 9.59 Å². The highest BCUT2D eigenvalue weighted by Crippen LogP contribution is 2.44. The van der Waals surface area contributed by atoms with Gasteiger partial charge in [-0.2, -0.15) is 0 Å². The molecule has 0 saturated heterocycles. The number of halogens is 2. The second kappa shape index (κ2) is 6.69. The summed E-state index contributed by atoms with van der Waals surface area (Å²) in [5.74, 6) is -0.735. The Morgan fingerprint density at radius 3 is 2.58 bits per heavy atom. The van der Waals surface area contributed by atoms with E-state index in [-0.39, 0.29) is 22.3 Å². The lowest BCUT2D eigenvalue weighted by atomic mass is 9.86. The summed E-state index contributed by atoms with van der Waals surface area (Å²) >= 11 is 12.2. The Balaban J connectivity index is 2.01. The first kappa shape index (κ1) is 18.9. The lowest BCUT2D eigenvalue weighted by Crippen LogP contribution is -2.36. The quantitative estimate of drug-likeness (QED) is 0.732. The van der Waals surface area contributed by atoms with Crippen molar-refractivity contribution >= 4 is 40.6 Å². The monoisotopic (exact) mass is 391 g/mol. The fourth-order valence-electron chi connectivity index (χ4n) is 3.23. The van der Waals surface area contributed by atoms with E-state index in [0.717, 1.165) is 11.1 Å². The van der Waals surface area contributed by atoms with Crippen molar-refractivity contribution in [3.05, 3.63) is 62.6 Å². The number of hydrogen-bond donors (Lipinski definition) is 2.